The molecule has 0 fully saturated rings. The Bertz CT molecular complexity index is 696. The molecule has 4 nitrogen and oxygen atoms in total. The Labute approximate surface area is 125 Å². The monoisotopic (exact) mass is 306 g/mol. The van der Waals surface area contributed by atoms with Crippen molar-refractivity contribution in [2.75, 3.05) is 7.11 Å². The van der Waals surface area contributed by atoms with Gasteiger partial charge in [-0.15, -0.1) is 33.1 Å². The Morgan fingerprint density at radius 2 is 2.00 bits per heavy atom. The molecule has 102 valence electrons. The van der Waals surface area contributed by atoms with Gasteiger partial charge in [-0.3, -0.25) is 0 Å². The van der Waals surface area contributed by atoms with E-state index in [0.717, 1.165) is 16.2 Å². The molecule has 0 saturated carbocycles. The number of hydrogen-bond acceptors (Lipinski definition) is 5. The summed E-state index contributed by atoms with van der Waals surface area (Å²) in [5.74, 6) is 1.52. The Morgan fingerprint density at radius 1 is 1.20 bits per heavy atom. The minimum atomic E-state index is -0.455. The molecular weight excluding hydrogens is 296 g/mol. The van der Waals surface area contributed by atoms with Gasteiger partial charge in [0.05, 0.1) is 7.11 Å². The summed E-state index contributed by atoms with van der Waals surface area (Å²) in [4.78, 5) is 0.808. The van der Waals surface area contributed by atoms with Crippen molar-refractivity contribution in [2.24, 2.45) is 0 Å². The highest BCUT2D eigenvalue weighted by molar-refractivity contribution is 7.13. The molecule has 3 aromatic rings. The first-order valence-electron chi connectivity index (χ1n) is 5.94. The second-order valence-electron chi connectivity index (χ2n) is 4.04. The lowest BCUT2D eigenvalue weighted by molar-refractivity contribution is 0.415. The number of halogens is 1. The van der Waals surface area contributed by atoms with Crippen molar-refractivity contribution in [3.05, 3.63) is 53.2 Å². The number of nitrogens with zero attached hydrogens (tertiary/aromatic N) is 2. The van der Waals surface area contributed by atoms with E-state index in [1.165, 1.54) is 11.3 Å². The summed E-state index contributed by atoms with van der Waals surface area (Å²) >= 11 is 7.84. The largest absolute Gasteiger partial charge is 0.495 e. The van der Waals surface area contributed by atoms with Crippen LogP contribution in [-0.4, -0.2) is 17.3 Å². The zero-order chi connectivity index (χ0) is 13.9. The number of thiophene rings is 1. The van der Waals surface area contributed by atoms with Gasteiger partial charge in [-0.1, -0.05) is 30.3 Å². The lowest BCUT2D eigenvalue weighted by atomic mass is 10.1. The van der Waals surface area contributed by atoms with E-state index < -0.39 is 5.38 Å². The smallest absolute Gasteiger partial charge is 0.261 e. The Hall–Kier alpha value is -1.85. The first-order valence-corrected chi connectivity index (χ1v) is 7.25. The SMILES string of the molecule is COc1ccsc1-c1nnc(C(Cl)c2ccccc2)o1. The molecule has 0 spiro atoms. The summed E-state index contributed by atoms with van der Waals surface area (Å²) in [6.07, 6.45) is 0. The first-order chi connectivity index (χ1) is 9.79. The van der Waals surface area contributed by atoms with Gasteiger partial charge in [-0.2, -0.15) is 0 Å². The third-order valence-corrected chi connectivity index (χ3v) is 4.12. The van der Waals surface area contributed by atoms with Crippen molar-refractivity contribution < 1.29 is 9.15 Å². The highest BCUT2D eigenvalue weighted by atomic mass is 35.5. The molecular formula is C14H11ClN2O2S. The van der Waals surface area contributed by atoms with Crippen LogP contribution in [0.15, 0.2) is 46.2 Å². The second kappa shape index (κ2) is 5.64. The maximum Gasteiger partial charge on any atom is 0.261 e. The van der Waals surface area contributed by atoms with E-state index in [0.29, 0.717) is 11.8 Å². The molecule has 0 aliphatic heterocycles. The van der Waals surface area contributed by atoms with E-state index in [1.807, 2.05) is 41.8 Å². The molecule has 1 atom stereocenters. The normalized spacial score (nSPS) is 12.3. The van der Waals surface area contributed by atoms with E-state index in [1.54, 1.807) is 7.11 Å². The summed E-state index contributed by atoms with van der Waals surface area (Å²) < 4.78 is 10.9. The first kappa shape index (κ1) is 13.1. The maximum absolute atomic E-state index is 6.36. The van der Waals surface area contributed by atoms with E-state index in [2.05, 4.69) is 10.2 Å². The second-order valence-corrected chi connectivity index (χ2v) is 5.39. The van der Waals surface area contributed by atoms with Crippen LogP contribution >= 0.6 is 22.9 Å². The Kier molecular flexibility index (Phi) is 3.71. The average Bonchev–Trinajstić information content (AvgIpc) is 3.15. The highest BCUT2D eigenvalue weighted by Crippen LogP contribution is 2.36. The molecule has 0 radical (unpaired) electrons. The van der Waals surface area contributed by atoms with Gasteiger partial charge in [0.25, 0.3) is 5.89 Å². The molecule has 0 aliphatic rings. The van der Waals surface area contributed by atoms with Gasteiger partial charge < -0.3 is 9.15 Å². The molecule has 2 heterocycles. The standard InChI is InChI=1S/C14H11ClN2O2S/c1-18-10-7-8-20-12(10)14-17-16-13(19-14)11(15)9-5-3-2-4-6-9/h2-8,11H,1H3. The van der Waals surface area contributed by atoms with Gasteiger partial charge in [0, 0.05) is 0 Å². The van der Waals surface area contributed by atoms with Crippen molar-refractivity contribution in [3.8, 4) is 16.5 Å². The number of alkyl halides is 1. The van der Waals surface area contributed by atoms with Gasteiger partial charge in [0.2, 0.25) is 5.89 Å². The lowest BCUT2D eigenvalue weighted by Crippen LogP contribution is -1.92. The van der Waals surface area contributed by atoms with Gasteiger partial charge in [-0.25, -0.2) is 0 Å². The van der Waals surface area contributed by atoms with Gasteiger partial charge >= 0.3 is 0 Å². The fourth-order valence-electron chi connectivity index (χ4n) is 1.81. The third-order valence-electron chi connectivity index (χ3n) is 2.79. The third kappa shape index (κ3) is 2.42. The van der Waals surface area contributed by atoms with Crippen LogP contribution in [0.25, 0.3) is 10.8 Å². The number of aromatic nitrogens is 2. The van der Waals surface area contributed by atoms with Gasteiger partial charge in [0.15, 0.2) is 0 Å². The van der Waals surface area contributed by atoms with Gasteiger partial charge in [0.1, 0.15) is 16.0 Å². The van der Waals surface area contributed by atoms with E-state index in [4.69, 9.17) is 20.8 Å². The van der Waals surface area contributed by atoms with E-state index in [9.17, 15) is 0 Å². The summed E-state index contributed by atoms with van der Waals surface area (Å²) in [6, 6.07) is 11.5. The van der Waals surface area contributed by atoms with Crippen molar-refractivity contribution in [1.82, 2.24) is 10.2 Å². The molecule has 0 aliphatic carbocycles. The molecule has 0 saturated heterocycles. The molecule has 0 N–H and O–H groups in total. The number of ether oxygens (including phenoxy) is 1. The van der Waals surface area contributed by atoms with Crippen LogP contribution in [0.1, 0.15) is 16.8 Å². The molecule has 1 aromatic carbocycles. The van der Waals surface area contributed by atoms with Crippen LogP contribution in [0.4, 0.5) is 0 Å². The number of methoxy groups -OCH3 is 1. The van der Waals surface area contributed by atoms with Crippen molar-refractivity contribution in [2.45, 2.75) is 5.38 Å². The fourth-order valence-corrected chi connectivity index (χ4v) is 2.82. The van der Waals surface area contributed by atoms with Crippen LogP contribution in [0.2, 0.25) is 0 Å². The molecule has 20 heavy (non-hydrogen) atoms. The summed E-state index contributed by atoms with van der Waals surface area (Å²) in [5, 5.41) is 9.52. The zero-order valence-electron chi connectivity index (χ0n) is 10.6. The topological polar surface area (TPSA) is 48.2 Å². The minimum Gasteiger partial charge on any atom is -0.495 e. The quantitative estimate of drug-likeness (QED) is 0.680. The van der Waals surface area contributed by atoms with Crippen LogP contribution in [-0.2, 0) is 0 Å². The number of benzene rings is 1. The van der Waals surface area contributed by atoms with Crippen LogP contribution in [0.3, 0.4) is 0 Å². The van der Waals surface area contributed by atoms with Crippen LogP contribution in [0.5, 0.6) is 5.75 Å². The van der Waals surface area contributed by atoms with Crippen molar-refractivity contribution in [3.63, 3.8) is 0 Å². The predicted molar refractivity (Wildman–Crippen MR) is 78.3 cm³/mol. The highest BCUT2D eigenvalue weighted by Gasteiger charge is 2.20. The molecule has 6 heteroatoms. The van der Waals surface area contributed by atoms with Crippen molar-refractivity contribution in [1.29, 1.82) is 0 Å². The van der Waals surface area contributed by atoms with Crippen LogP contribution < -0.4 is 4.74 Å². The average molecular weight is 307 g/mol. The summed E-state index contributed by atoms with van der Waals surface area (Å²) in [5.41, 5.74) is 0.919. The maximum atomic E-state index is 6.36. The van der Waals surface area contributed by atoms with E-state index >= 15 is 0 Å². The van der Waals surface area contributed by atoms with E-state index in [-0.39, 0.29) is 0 Å². The zero-order valence-corrected chi connectivity index (χ0v) is 12.2. The Morgan fingerprint density at radius 3 is 2.75 bits per heavy atom. The predicted octanol–water partition coefficient (Wildman–Crippen LogP) is 4.13. The molecule has 1 unspecified atom stereocenters. The van der Waals surface area contributed by atoms with Gasteiger partial charge in [-0.05, 0) is 17.0 Å². The number of hydrogen-bond donors (Lipinski definition) is 0. The molecule has 2 aromatic heterocycles. The van der Waals surface area contributed by atoms with Crippen molar-refractivity contribution >= 4 is 22.9 Å². The minimum absolute atomic E-state index is 0.378. The summed E-state index contributed by atoms with van der Waals surface area (Å²) in [6.45, 7) is 0. The lowest BCUT2D eigenvalue weighted by Gasteiger charge is -2.03. The molecule has 3 rings (SSSR count). The fraction of sp³-hybridized carbons (Fsp3) is 0.143. The molecule has 0 bridgehead atoms. The Balaban J connectivity index is 1.91. The number of rotatable bonds is 4. The van der Waals surface area contributed by atoms with Crippen LogP contribution in [0, 0.1) is 0 Å². The molecule has 0 amide bonds. The summed E-state index contributed by atoms with van der Waals surface area (Å²) in [7, 11) is 1.61.